The molecular weight excluding hydrogens is 600 g/mol. The first-order chi connectivity index (χ1) is 19.9. The first-order valence-electron chi connectivity index (χ1n) is 12.8. The highest BCUT2D eigenvalue weighted by Crippen LogP contribution is 2.32. The third kappa shape index (κ3) is 5.05. The van der Waals surface area contributed by atoms with Crippen molar-refractivity contribution < 1.29 is 35.0 Å². The highest BCUT2D eigenvalue weighted by molar-refractivity contribution is 7.16. The van der Waals surface area contributed by atoms with Crippen LogP contribution in [0.15, 0.2) is 19.2 Å². The molecule has 19 heteroatoms. The van der Waals surface area contributed by atoms with Crippen LogP contribution in [0.5, 0.6) is 0 Å². The van der Waals surface area contributed by atoms with Gasteiger partial charge in [0.05, 0.1) is 12.7 Å². The van der Waals surface area contributed by atoms with Gasteiger partial charge in [0.25, 0.3) is 11.1 Å². The van der Waals surface area contributed by atoms with E-state index in [1.54, 1.807) is 13.8 Å². The second-order valence-corrected chi connectivity index (χ2v) is 11.7. The van der Waals surface area contributed by atoms with E-state index in [-0.39, 0.29) is 20.7 Å². The molecule has 4 aromatic heterocycles. The molecule has 7 N–H and O–H groups in total. The lowest BCUT2D eigenvalue weighted by Gasteiger charge is -2.15. The Bertz CT molecular complexity index is 1720. The van der Waals surface area contributed by atoms with Crippen LogP contribution in [0.1, 0.15) is 37.4 Å². The molecule has 0 aromatic carbocycles. The number of aromatic nitrogens is 6. The van der Waals surface area contributed by atoms with Gasteiger partial charge >= 0.3 is 9.75 Å². The number of H-pyrrole nitrogens is 2. The number of nitrogens with zero attached hydrogens (tertiary/aromatic N) is 4. The molecule has 6 rings (SSSR count). The maximum Gasteiger partial charge on any atom is 0.311 e. The molecule has 6 heterocycles. The highest BCUT2D eigenvalue weighted by Gasteiger charge is 2.45. The minimum atomic E-state index is -1.40. The van der Waals surface area contributed by atoms with Crippen molar-refractivity contribution in [3.8, 4) is 0 Å². The number of aliphatic hydroxyl groups is 5. The summed E-state index contributed by atoms with van der Waals surface area (Å²) >= 11 is 1.42. The molecule has 228 valence electrons. The molecule has 2 aliphatic rings. The first kappa shape index (κ1) is 30.3. The summed E-state index contributed by atoms with van der Waals surface area (Å²) in [4.78, 5) is 60.2. The second kappa shape index (κ2) is 11.5. The number of hydrogen-bond acceptors (Lipinski definition) is 15. The van der Waals surface area contributed by atoms with Crippen LogP contribution in [-0.4, -0.2) is 97.8 Å². The van der Waals surface area contributed by atoms with Crippen LogP contribution in [-0.2, 0) is 9.47 Å². The van der Waals surface area contributed by atoms with E-state index in [1.165, 1.54) is 0 Å². The highest BCUT2D eigenvalue weighted by atomic mass is 32.1. The molecule has 42 heavy (non-hydrogen) atoms. The molecular formula is C23H28N6O11S2. The molecule has 2 saturated heterocycles. The quantitative estimate of drug-likeness (QED) is 0.124. The number of aromatic amines is 2. The van der Waals surface area contributed by atoms with Gasteiger partial charge in [-0.15, -0.1) is 0 Å². The number of ether oxygens (including phenoxy) is 2. The molecule has 0 aliphatic carbocycles. The summed E-state index contributed by atoms with van der Waals surface area (Å²) < 4.78 is 13.4. The van der Waals surface area contributed by atoms with E-state index in [0.29, 0.717) is 29.4 Å². The van der Waals surface area contributed by atoms with E-state index in [4.69, 9.17) is 14.6 Å². The van der Waals surface area contributed by atoms with Crippen molar-refractivity contribution in [3.63, 3.8) is 0 Å². The van der Waals surface area contributed by atoms with Crippen molar-refractivity contribution in [1.29, 1.82) is 0 Å². The fraction of sp³-hybridized carbons (Fsp3) is 0.565. The number of hydrogen-bond donors (Lipinski definition) is 7. The van der Waals surface area contributed by atoms with Crippen LogP contribution >= 0.6 is 22.7 Å². The van der Waals surface area contributed by atoms with Gasteiger partial charge in [-0.1, -0.05) is 29.6 Å². The van der Waals surface area contributed by atoms with E-state index >= 15 is 0 Å². The fourth-order valence-corrected chi connectivity index (χ4v) is 6.58. The summed E-state index contributed by atoms with van der Waals surface area (Å²) in [6.07, 6.45) is -8.36. The minimum absolute atomic E-state index is 0.0843. The maximum atomic E-state index is 12.2. The molecule has 0 unspecified atom stereocenters. The predicted molar refractivity (Wildman–Crippen MR) is 148 cm³/mol. The molecule has 2 aliphatic heterocycles. The smallest absolute Gasteiger partial charge is 0.311 e. The van der Waals surface area contributed by atoms with E-state index in [2.05, 4.69) is 19.9 Å². The normalized spacial score (nSPS) is 29.3. The van der Waals surface area contributed by atoms with Crippen molar-refractivity contribution in [3.05, 3.63) is 51.7 Å². The first-order valence-corrected chi connectivity index (χ1v) is 14.4. The van der Waals surface area contributed by atoms with Gasteiger partial charge in [0, 0.05) is 0 Å². The van der Waals surface area contributed by atoms with Gasteiger partial charge in [-0.25, -0.2) is 9.97 Å². The van der Waals surface area contributed by atoms with Crippen LogP contribution in [0.2, 0.25) is 0 Å². The van der Waals surface area contributed by atoms with Crippen molar-refractivity contribution in [2.45, 2.75) is 76.3 Å². The largest absolute Gasteiger partial charge is 0.394 e. The topological polar surface area (TPSA) is 255 Å². The van der Waals surface area contributed by atoms with Gasteiger partial charge in [-0.05, 0) is 20.3 Å². The van der Waals surface area contributed by atoms with Crippen LogP contribution in [0.25, 0.3) is 20.7 Å². The van der Waals surface area contributed by atoms with Crippen molar-refractivity contribution in [1.82, 2.24) is 29.1 Å². The molecule has 17 nitrogen and oxygen atoms in total. The van der Waals surface area contributed by atoms with E-state index in [1.807, 2.05) is 6.92 Å². The molecule has 0 bridgehead atoms. The van der Waals surface area contributed by atoms with Crippen LogP contribution in [0.4, 0.5) is 0 Å². The van der Waals surface area contributed by atoms with Gasteiger partial charge in [-0.3, -0.25) is 28.3 Å². The SMILES string of the molecule is CC[C@H]1O[C@@H](n2c(=O)sc3c(=O)[nH]c(C)nc32)[C@H](O)[C@@H]1O.Cc1nc2c(sc(=O)n2[C@@H]2O[C@H](CO)[C@@H](O)[C@H]2O)c(=O)[nH]1. The Morgan fingerprint density at radius 3 is 1.50 bits per heavy atom. The molecule has 0 saturated carbocycles. The predicted octanol–water partition coefficient (Wildman–Crippen LogP) is -2.45. The third-order valence-corrected chi connectivity index (χ3v) is 8.84. The Morgan fingerprint density at radius 1 is 0.738 bits per heavy atom. The summed E-state index contributed by atoms with van der Waals surface area (Å²) in [6, 6.07) is 0. The van der Waals surface area contributed by atoms with Gasteiger partial charge < -0.3 is 45.0 Å². The van der Waals surface area contributed by atoms with Gasteiger partial charge in [0.2, 0.25) is 0 Å². The van der Waals surface area contributed by atoms with Gasteiger partial charge in [0.1, 0.15) is 51.6 Å². The van der Waals surface area contributed by atoms with E-state index < -0.39 is 76.6 Å². The Balaban J connectivity index is 0.000000168. The third-order valence-electron chi connectivity index (χ3n) is 6.95. The Labute approximate surface area is 241 Å². The summed E-state index contributed by atoms with van der Waals surface area (Å²) in [5.41, 5.74) is -0.608. The fourth-order valence-electron chi connectivity index (χ4n) is 4.90. The number of aliphatic hydroxyl groups excluding tert-OH is 5. The summed E-state index contributed by atoms with van der Waals surface area (Å²) in [5.74, 6) is 0.671. The van der Waals surface area contributed by atoms with Crippen molar-refractivity contribution >= 4 is 43.4 Å². The minimum Gasteiger partial charge on any atom is -0.394 e. The maximum absolute atomic E-state index is 12.2. The van der Waals surface area contributed by atoms with E-state index in [9.17, 15) is 39.6 Å². The lowest BCUT2D eigenvalue weighted by atomic mass is 10.1. The average molecular weight is 629 g/mol. The lowest BCUT2D eigenvalue weighted by Crippen LogP contribution is -2.34. The number of thiazole rings is 2. The number of aryl methyl sites for hydroxylation is 2. The average Bonchev–Trinajstić information content (AvgIpc) is 3.62. The lowest BCUT2D eigenvalue weighted by molar-refractivity contribution is -0.0518. The number of rotatable bonds is 4. The zero-order chi connectivity index (χ0) is 30.6. The zero-order valence-corrected chi connectivity index (χ0v) is 24.0. The molecule has 2 fully saturated rings. The number of nitrogens with one attached hydrogen (secondary N) is 2. The molecule has 0 spiro atoms. The molecule has 8 atom stereocenters. The zero-order valence-electron chi connectivity index (χ0n) is 22.3. The van der Waals surface area contributed by atoms with Crippen LogP contribution < -0.4 is 20.9 Å². The van der Waals surface area contributed by atoms with Crippen molar-refractivity contribution in [2.24, 2.45) is 0 Å². The van der Waals surface area contributed by atoms with Crippen LogP contribution in [0.3, 0.4) is 0 Å². The summed E-state index contributed by atoms with van der Waals surface area (Å²) in [6.45, 7) is 4.47. The van der Waals surface area contributed by atoms with E-state index in [0.717, 1.165) is 20.5 Å². The molecule has 0 amide bonds. The van der Waals surface area contributed by atoms with Gasteiger partial charge in [-0.2, -0.15) is 0 Å². The monoisotopic (exact) mass is 628 g/mol. The Kier molecular flexibility index (Phi) is 8.31. The molecule has 0 radical (unpaired) electrons. The Hall–Kier alpha value is -3.14. The summed E-state index contributed by atoms with van der Waals surface area (Å²) in [5, 5.41) is 48.9. The summed E-state index contributed by atoms with van der Waals surface area (Å²) in [7, 11) is 0. The van der Waals surface area contributed by atoms with Crippen LogP contribution in [0, 0.1) is 13.8 Å². The van der Waals surface area contributed by atoms with Gasteiger partial charge in [0.15, 0.2) is 23.8 Å². The second-order valence-electron chi connectivity index (χ2n) is 9.77. The standard InChI is InChI=1S/C12H15N3O5S.C11H13N3O6S/c1-3-5-6(16)7(17)11(20-5)15-9-8(21-12(15)19)10(18)14-4(2)13-9;1-3-12-8-7(9(18)13-3)21-11(19)14(8)10-6(17)5(16)4(2-15)20-10/h5-7,11,16-17H,3H2,1-2H3,(H,13,14,18);4-6,10,15-17H,2H2,1H3,(H,12,13,18)/t5-,6-,7-,11-;4-,5-,6-,10-/m11/s1. The van der Waals surface area contributed by atoms with Crippen molar-refractivity contribution in [2.75, 3.05) is 6.61 Å². The number of fused-ring (bicyclic) bond motifs is 2. The molecule has 4 aromatic rings. The Morgan fingerprint density at radius 2 is 1.14 bits per heavy atom.